The molecule has 0 spiro atoms. The number of carbonyl (C=O) groups excluding carboxylic acids is 4. The summed E-state index contributed by atoms with van der Waals surface area (Å²) < 4.78 is 0. The van der Waals surface area contributed by atoms with Gasteiger partial charge in [0.2, 0.25) is 23.6 Å². The van der Waals surface area contributed by atoms with E-state index in [0.29, 0.717) is 18.5 Å². The van der Waals surface area contributed by atoms with Crippen molar-refractivity contribution in [1.82, 2.24) is 30.4 Å². The Kier molecular flexibility index (Phi) is 17.4. The highest BCUT2D eigenvalue weighted by Gasteiger charge is 2.38. The highest BCUT2D eigenvalue weighted by Crippen LogP contribution is 2.28. The van der Waals surface area contributed by atoms with Gasteiger partial charge in [-0.25, -0.2) is 0 Å². The number of benzene rings is 4. The molecular weight excluding hydrogens is 896 g/mol. The number of amides is 4. The van der Waals surface area contributed by atoms with Crippen molar-refractivity contribution in [2.24, 2.45) is 11.5 Å². The SMILES string of the molecule is Cc1cc(O)cc(C)c1CC(N)C(=O)N1Cc2ccccc2CC1C(=O)NCCc1cnc(CCNC(=O)C2Cc3ccccc3CN2C(=O)C(N)Cc2c(C)cc(O)cc2C)c(=O)[nH]1.Cl.Cl. The van der Waals surface area contributed by atoms with Crippen LogP contribution >= 0.6 is 24.8 Å². The molecule has 0 bridgehead atoms. The number of phenolic OH excluding ortho intramolecular Hbond substituents is 2. The van der Waals surface area contributed by atoms with E-state index in [2.05, 4.69) is 20.6 Å². The number of carbonyl (C=O) groups is 4. The summed E-state index contributed by atoms with van der Waals surface area (Å²) in [6.45, 7) is 8.16. The Hall–Kier alpha value is -6.26. The van der Waals surface area contributed by atoms with Crippen molar-refractivity contribution in [3.63, 3.8) is 0 Å². The Labute approximate surface area is 402 Å². The Morgan fingerprint density at radius 3 is 1.46 bits per heavy atom. The van der Waals surface area contributed by atoms with Crippen LogP contribution in [-0.2, 0) is 70.8 Å². The summed E-state index contributed by atoms with van der Waals surface area (Å²) in [4.78, 5) is 78.9. The minimum absolute atomic E-state index is 0. The number of H-pyrrole nitrogens is 1. The molecule has 1 aromatic heterocycles. The fourth-order valence-corrected chi connectivity index (χ4v) is 9.23. The molecule has 0 aliphatic carbocycles. The molecule has 0 saturated carbocycles. The van der Waals surface area contributed by atoms with Crippen LogP contribution < -0.4 is 27.7 Å². The van der Waals surface area contributed by atoms with Gasteiger partial charge in [-0.05, 0) is 120 Å². The van der Waals surface area contributed by atoms with Gasteiger partial charge in [0.25, 0.3) is 5.56 Å². The van der Waals surface area contributed by atoms with Crippen LogP contribution in [0.2, 0.25) is 0 Å². The largest absolute Gasteiger partial charge is 0.508 e. The first-order valence-corrected chi connectivity index (χ1v) is 22.0. The third-order valence-corrected chi connectivity index (χ3v) is 12.8. The summed E-state index contributed by atoms with van der Waals surface area (Å²) in [5.74, 6) is -1.13. The van der Waals surface area contributed by atoms with E-state index < -0.39 is 29.7 Å². The molecule has 67 heavy (non-hydrogen) atoms. The molecule has 4 amide bonds. The lowest BCUT2D eigenvalue weighted by Crippen LogP contribution is -2.57. The number of nitrogens with one attached hydrogen (secondary N) is 3. The number of phenols is 2. The molecule has 356 valence electrons. The number of nitrogens with two attached hydrogens (primary N) is 2. The van der Waals surface area contributed by atoms with Gasteiger partial charge in [0.1, 0.15) is 29.3 Å². The number of aromatic amines is 1. The summed E-state index contributed by atoms with van der Waals surface area (Å²) in [5.41, 5.74) is 22.2. The van der Waals surface area contributed by atoms with Crippen molar-refractivity contribution in [2.75, 3.05) is 13.1 Å². The van der Waals surface area contributed by atoms with Gasteiger partial charge in [0.05, 0.1) is 12.1 Å². The van der Waals surface area contributed by atoms with Crippen LogP contribution in [0.5, 0.6) is 11.5 Å². The number of hydrogen-bond donors (Lipinski definition) is 7. The molecule has 7 rings (SSSR count). The zero-order chi connectivity index (χ0) is 46.5. The van der Waals surface area contributed by atoms with Crippen molar-refractivity contribution < 1.29 is 29.4 Å². The summed E-state index contributed by atoms with van der Waals surface area (Å²) >= 11 is 0. The lowest BCUT2D eigenvalue weighted by molar-refractivity contribution is -0.142. The van der Waals surface area contributed by atoms with Crippen LogP contribution in [0.3, 0.4) is 0 Å². The first-order valence-electron chi connectivity index (χ1n) is 22.0. The molecule has 15 nitrogen and oxygen atoms in total. The molecule has 2 aliphatic rings. The predicted octanol–water partition coefficient (Wildman–Crippen LogP) is 3.62. The number of aromatic hydroxyl groups is 2. The highest BCUT2D eigenvalue weighted by molar-refractivity contribution is 5.91. The summed E-state index contributed by atoms with van der Waals surface area (Å²) in [6.07, 6.45) is 3.04. The summed E-state index contributed by atoms with van der Waals surface area (Å²) in [6, 6.07) is 18.5. The van der Waals surface area contributed by atoms with Crippen LogP contribution in [0.4, 0.5) is 0 Å². The number of fused-ring (bicyclic) bond motifs is 2. The molecule has 3 heterocycles. The lowest BCUT2D eigenvalue weighted by atomic mass is 9.91. The molecule has 2 aliphatic heterocycles. The topological polar surface area (TPSA) is 237 Å². The summed E-state index contributed by atoms with van der Waals surface area (Å²) in [7, 11) is 0. The molecule has 4 atom stereocenters. The molecule has 0 saturated heterocycles. The Bertz CT molecular complexity index is 2650. The normalized spacial score (nSPS) is 16.0. The quantitative estimate of drug-likeness (QED) is 0.0854. The minimum atomic E-state index is -0.920. The monoisotopic (exact) mass is 954 g/mol. The minimum Gasteiger partial charge on any atom is -0.508 e. The van der Waals surface area contributed by atoms with Gasteiger partial charge in [-0.3, -0.25) is 29.0 Å². The molecule has 9 N–H and O–H groups in total. The second-order valence-corrected chi connectivity index (χ2v) is 17.4. The smallest absolute Gasteiger partial charge is 0.269 e. The van der Waals surface area contributed by atoms with Crippen LogP contribution in [0.15, 0.2) is 83.8 Å². The number of nitrogens with zero attached hydrogens (tertiary/aromatic N) is 3. The zero-order valence-corrected chi connectivity index (χ0v) is 39.8. The van der Waals surface area contributed by atoms with Gasteiger partial charge in [0.15, 0.2) is 0 Å². The maximum Gasteiger partial charge on any atom is 0.269 e. The molecule has 0 radical (unpaired) electrons. The Morgan fingerprint density at radius 2 is 1.06 bits per heavy atom. The van der Waals surface area contributed by atoms with Crippen LogP contribution in [0.1, 0.15) is 67.0 Å². The molecule has 4 unspecified atom stereocenters. The van der Waals surface area contributed by atoms with Crippen molar-refractivity contribution in [3.05, 3.63) is 156 Å². The van der Waals surface area contributed by atoms with Gasteiger partial charge in [0, 0.05) is 63.8 Å². The van der Waals surface area contributed by atoms with Crippen molar-refractivity contribution in [3.8, 4) is 11.5 Å². The van der Waals surface area contributed by atoms with E-state index in [1.54, 1.807) is 29.2 Å². The molecule has 17 heteroatoms. The van der Waals surface area contributed by atoms with E-state index in [9.17, 15) is 34.2 Å². The molecule has 5 aromatic rings. The van der Waals surface area contributed by atoms with E-state index in [0.717, 1.165) is 55.6 Å². The van der Waals surface area contributed by atoms with E-state index in [4.69, 9.17) is 11.5 Å². The third kappa shape index (κ3) is 12.0. The Morgan fingerprint density at radius 1 is 0.672 bits per heavy atom. The molecule has 4 aromatic carbocycles. The fraction of sp³-hybridized carbons (Fsp3) is 0.360. The number of halogens is 2. The van der Waals surface area contributed by atoms with Gasteiger partial charge >= 0.3 is 0 Å². The van der Waals surface area contributed by atoms with E-state index in [1.165, 1.54) is 11.1 Å². The first kappa shape index (κ1) is 51.7. The second kappa shape index (κ2) is 22.5. The lowest BCUT2D eigenvalue weighted by Gasteiger charge is -2.37. The average molecular weight is 956 g/mol. The van der Waals surface area contributed by atoms with Gasteiger partial charge in [-0.1, -0.05) is 48.5 Å². The highest BCUT2D eigenvalue weighted by atomic mass is 35.5. The molecular formula is C50H60Cl2N8O7. The standard InChI is InChI=1S/C50H58N8O7.2ClH/c1-28-17-37(59)18-29(2)39(28)23-41(51)49(64)57-26-34-11-7-5-9-32(34)21-44(57)47(62)53-15-13-36-25-55-43(46(61)56-36)14-16-54-48(63)45-22-33-10-6-8-12-35(33)27-58(45)50(65)42(52)24-40-30(3)19-38(60)20-31(40)4;;/h5-12,17-20,25,41-42,44-45,59-60H,13-16,21-24,26-27,51-52H2,1-4H3,(H,53,62)(H,54,63)(H,56,61);2*1H. The average Bonchev–Trinajstić information content (AvgIpc) is 3.27. The van der Waals surface area contributed by atoms with E-state index in [1.807, 2.05) is 76.2 Å². The number of aromatic nitrogens is 2. The van der Waals surface area contributed by atoms with E-state index in [-0.39, 0.29) is 117 Å². The molecule has 0 fully saturated rings. The van der Waals surface area contributed by atoms with Crippen molar-refractivity contribution >= 4 is 48.4 Å². The number of aryl methyl sites for hydroxylation is 4. The number of hydrogen-bond acceptors (Lipinski definition) is 10. The van der Waals surface area contributed by atoms with Crippen LogP contribution in [0, 0.1) is 27.7 Å². The Balaban J connectivity index is 0.00000420. The van der Waals surface area contributed by atoms with Gasteiger partial charge in [-0.15, -0.1) is 24.8 Å². The van der Waals surface area contributed by atoms with Crippen LogP contribution in [-0.4, -0.2) is 90.9 Å². The predicted molar refractivity (Wildman–Crippen MR) is 260 cm³/mol. The summed E-state index contributed by atoms with van der Waals surface area (Å²) in [5, 5.41) is 25.9. The van der Waals surface area contributed by atoms with Gasteiger partial charge < -0.3 is 47.1 Å². The van der Waals surface area contributed by atoms with Crippen molar-refractivity contribution in [1.29, 1.82) is 0 Å². The fourth-order valence-electron chi connectivity index (χ4n) is 9.23. The van der Waals surface area contributed by atoms with Crippen molar-refractivity contribution in [2.45, 2.75) is 103 Å². The van der Waals surface area contributed by atoms with Crippen LogP contribution in [0.25, 0.3) is 0 Å². The third-order valence-electron chi connectivity index (χ3n) is 12.8. The zero-order valence-electron chi connectivity index (χ0n) is 38.1. The van der Waals surface area contributed by atoms with Gasteiger partial charge in [-0.2, -0.15) is 0 Å². The number of rotatable bonds is 14. The maximum absolute atomic E-state index is 13.9. The van der Waals surface area contributed by atoms with E-state index >= 15 is 0 Å². The first-order chi connectivity index (χ1) is 31.1. The maximum atomic E-state index is 13.9. The second-order valence-electron chi connectivity index (χ2n) is 17.4.